The summed E-state index contributed by atoms with van der Waals surface area (Å²) in [6.45, 7) is 2.61. The van der Waals surface area contributed by atoms with Gasteiger partial charge < -0.3 is 10.1 Å². The molecule has 1 amide bonds. The lowest BCUT2D eigenvalue weighted by atomic mass is 10.2. The molecule has 1 aliphatic rings. The predicted octanol–water partition coefficient (Wildman–Crippen LogP) is 3.82. The first-order valence-corrected chi connectivity index (χ1v) is 15.7. The molecule has 0 atom stereocenters. The third kappa shape index (κ3) is 6.91. The van der Waals surface area contributed by atoms with Gasteiger partial charge in [0.1, 0.15) is 18.9 Å². The number of carbonyl (C=O) groups excluding carboxylic acids is 1. The van der Waals surface area contributed by atoms with Crippen LogP contribution < -0.4 is 14.4 Å². The second kappa shape index (κ2) is 12.4. The number of anilines is 1. The molecule has 3 aromatic carbocycles. The number of sulfonamides is 2. The zero-order valence-electron chi connectivity index (χ0n) is 21.4. The average Bonchev–Trinajstić information content (AvgIpc) is 3.48. The van der Waals surface area contributed by atoms with Gasteiger partial charge in [0.25, 0.3) is 10.0 Å². The van der Waals surface area contributed by atoms with Crippen LogP contribution >= 0.6 is 11.6 Å². The van der Waals surface area contributed by atoms with E-state index in [9.17, 15) is 21.6 Å². The molecule has 1 aliphatic heterocycles. The quantitative estimate of drug-likeness (QED) is 0.339. The first kappa shape index (κ1) is 28.9. The van der Waals surface area contributed by atoms with Gasteiger partial charge in [-0.1, -0.05) is 35.9 Å². The van der Waals surface area contributed by atoms with Gasteiger partial charge in [-0.25, -0.2) is 16.8 Å². The summed E-state index contributed by atoms with van der Waals surface area (Å²) in [5, 5.41) is 3.05. The summed E-state index contributed by atoms with van der Waals surface area (Å²) in [4.78, 5) is 13.0. The summed E-state index contributed by atoms with van der Waals surface area (Å²) in [7, 11) is -7.55. The van der Waals surface area contributed by atoms with E-state index in [2.05, 4.69) is 5.32 Å². The normalized spacial score (nSPS) is 14.2. The number of carbonyl (C=O) groups is 1. The fraction of sp³-hybridized carbons (Fsp3) is 0.296. The van der Waals surface area contributed by atoms with Gasteiger partial charge in [0.05, 0.1) is 22.0 Å². The summed E-state index contributed by atoms with van der Waals surface area (Å²) >= 11 is 6.24. The first-order chi connectivity index (χ1) is 18.6. The number of aryl methyl sites for hydroxylation is 1. The second-order valence-electron chi connectivity index (χ2n) is 9.04. The van der Waals surface area contributed by atoms with Gasteiger partial charge >= 0.3 is 0 Å². The zero-order valence-corrected chi connectivity index (χ0v) is 23.8. The molecule has 0 unspecified atom stereocenters. The Morgan fingerprint density at radius 1 is 0.949 bits per heavy atom. The highest BCUT2D eigenvalue weighted by molar-refractivity contribution is 7.92. The molecular weight excluding hydrogens is 562 g/mol. The number of rotatable bonds is 11. The van der Waals surface area contributed by atoms with E-state index >= 15 is 0 Å². The van der Waals surface area contributed by atoms with Crippen molar-refractivity contribution in [2.24, 2.45) is 0 Å². The molecule has 208 valence electrons. The van der Waals surface area contributed by atoms with Crippen LogP contribution in [0.5, 0.6) is 5.75 Å². The lowest BCUT2D eigenvalue weighted by Crippen LogP contribution is -2.42. The van der Waals surface area contributed by atoms with Gasteiger partial charge in [-0.2, -0.15) is 4.31 Å². The third-order valence-corrected chi connectivity index (χ3v) is 10.4. The van der Waals surface area contributed by atoms with Crippen molar-refractivity contribution in [3.05, 3.63) is 83.4 Å². The molecule has 1 heterocycles. The Morgan fingerprint density at radius 3 is 2.26 bits per heavy atom. The van der Waals surface area contributed by atoms with Crippen molar-refractivity contribution < 1.29 is 26.4 Å². The number of hydrogen-bond acceptors (Lipinski definition) is 6. The molecule has 9 nitrogen and oxygen atoms in total. The lowest BCUT2D eigenvalue weighted by molar-refractivity contribution is -0.119. The highest BCUT2D eigenvalue weighted by Crippen LogP contribution is 2.28. The Hall–Kier alpha value is -3.12. The van der Waals surface area contributed by atoms with Crippen LogP contribution in [0, 0.1) is 6.92 Å². The van der Waals surface area contributed by atoms with Crippen molar-refractivity contribution >= 4 is 43.2 Å². The molecule has 1 fully saturated rings. The van der Waals surface area contributed by atoms with Crippen LogP contribution in [0.4, 0.5) is 5.69 Å². The molecule has 0 radical (unpaired) electrons. The van der Waals surface area contributed by atoms with Crippen molar-refractivity contribution in [1.29, 1.82) is 0 Å². The van der Waals surface area contributed by atoms with E-state index < -0.39 is 32.5 Å². The Balaban J connectivity index is 1.36. The highest BCUT2D eigenvalue weighted by atomic mass is 35.5. The van der Waals surface area contributed by atoms with Crippen LogP contribution in [0.1, 0.15) is 18.4 Å². The van der Waals surface area contributed by atoms with Crippen molar-refractivity contribution in [2.45, 2.75) is 29.6 Å². The van der Waals surface area contributed by atoms with E-state index in [4.69, 9.17) is 16.3 Å². The topological polar surface area (TPSA) is 113 Å². The minimum atomic E-state index is -4.04. The largest absolute Gasteiger partial charge is 0.492 e. The maximum Gasteiger partial charge on any atom is 0.264 e. The number of amides is 1. The third-order valence-electron chi connectivity index (χ3n) is 6.28. The SMILES string of the molecule is Cc1ccc(N(CC(=O)NCCOc2ccc(S(=O)(=O)N3CCCC3)cc2)S(=O)(=O)c2ccccc2)cc1Cl. The van der Waals surface area contributed by atoms with E-state index in [1.807, 2.05) is 0 Å². The van der Waals surface area contributed by atoms with Crippen LogP contribution in [-0.2, 0) is 24.8 Å². The van der Waals surface area contributed by atoms with Gasteiger partial charge in [-0.3, -0.25) is 9.10 Å². The Kier molecular flexibility index (Phi) is 9.16. The van der Waals surface area contributed by atoms with Gasteiger partial charge in [-0.05, 0) is 73.9 Å². The van der Waals surface area contributed by atoms with Crippen molar-refractivity contribution in [2.75, 3.05) is 37.1 Å². The molecule has 0 aromatic heterocycles. The van der Waals surface area contributed by atoms with E-state index in [1.54, 1.807) is 49.4 Å². The molecule has 0 aliphatic carbocycles. The van der Waals surface area contributed by atoms with Gasteiger partial charge in [0.15, 0.2) is 0 Å². The molecular formula is C27H30ClN3O6S2. The van der Waals surface area contributed by atoms with E-state index in [-0.39, 0.29) is 28.6 Å². The molecule has 0 saturated carbocycles. The minimum Gasteiger partial charge on any atom is -0.492 e. The van der Waals surface area contributed by atoms with E-state index in [1.165, 1.54) is 34.6 Å². The molecule has 1 N–H and O–H groups in total. The van der Waals surface area contributed by atoms with Crippen LogP contribution in [0.15, 0.2) is 82.6 Å². The molecule has 1 saturated heterocycles. The van der Waals surface area contributed by atoms with Gasteiger partial charge in [0, 0.05) is 18.1 Å². The zero-order chi connectivity index (χ0) is 28.0. The monoisotopic (exact) mass is 591 g/mol. The number of nitrogens with zero attached hydrogens (tertiary/aromatic N) is 2. The number of nitrogens with one attached hydrogen (secondary N) is 1. The number of ether oxygens (including phenoxy) is 1. The molecule has 4 rings (SSSR count). The van der Waals surface area contributed by atoms with Gasteiger partial charge in [0.2, 0.25) is 15.9 Å². The smallest absolute Gasteiger partial charge is 0.264 e. The fourth-order valence-electron chi connectivity index (χ4n) is 4.10. The van der Waals surface area contributed by atoms with Crippen molar-refractivity contribution in [3.63, 3.8) is 0 Å². The van der Waals surface area contributed by atoms with E-state index in [0.29, 0.717) is 23.9 Å². The summed E-state index contributed by atoms with van der Waals surface area (Å²) in [6, 6.07) is 18.8. The number of benzene rings is 3. The van der Waals surface area contributed by atoms with Crippen molar-refractivity contribution in [1.82, 2.24) is 9.62 Å². The molecule has 0 bridgehead atoms. The molecule has 39 heavy (non-hydrogen) atoms. The van der Waals surface area contributed by atoms with Crippen LogP contribution in [0.3, 0.4) is 0 Å². The maximum absolute atomic E-state index is 13.4. The predicted molar refractivity (Wildman–Crippen MR) is 150 cm³/mol. The Morgan fingerprint density at radius 2 is 1.62 bits per heavy atom. The first-order valence-electron chi connectivity index (χ1n) is 12.4. The van der Waals surface area contributed by atoms with E-state index in [0.717, 1.165) is 22.7 Å². The lowest BCUT2D eigenvalue weighted by Gasteiger charge is -2.24. The molecule has 3 aromatic rings. The minimum absolute atomic E-state index is 0.0491. The fourth-order valence-corrected chi connectivity index (χ4v) is 7.23. The molecule has 0 spiro atoms. The highest BCUT2D eigenvalue weighted by Gasteiger charge is 2.28. The summed E-state index contributed by atoms with van der Waals surface area (Å²) in [5.41, 5.74) is 1.05. The number of halogens is 1. The van der Waals surface area contributed by atoms with Crippen LogP contribution in [0.2, 0.25) is 5.02 Å². The molecule has 12 heteroatoms. The van der Waals surface area contributed by atoms with Gasteiger partial charge in [-0.15, -0.1) is 0 Å². The second-order valence-corrected chi connectivity index (χ2v) is 13.2. The Labute approximate surface area is 234 Å². The number of hydrogen-bond donors (Lipinski definition) is 1. The van der Waals surface area contributed by atoms with Crippen LogP contribution in [-0.4, -0.2) is 59.8 Å². The van der Waals surface area contributed by atoms with Crippen LogP contribution in [0.25, 0.3) is 0 Å². The maximum atomic E-state index is 13.4. The standard InChI is InChI=1S/C27H30ClN3O6S2/c1-21-9-10-22(19-26(21)28)31(39(35,36)24-7-3-2-4-8-24)20-27(32)29-15-18-37-23-11-13-25(14-12-23)38(33,34)30-16-5-6-17-30/h2-4,7-14,19H,5-6,15-18,20H2,1H3,(H,29,32). The summed E-state index contributed by atoms with van der Waals surface area (Å²) in [5.74, 6) is -0.0749. The Bertz CT molecular complexity index is 1510. The summed E-state index contributed by atoms with van der Waals surface area (Å²) in [6.07, 6.45) is 1.72. The average molecular weight is 592 g/mol. The summed E-state index contributed by atoms with van der Waals surface area (Å²) < 4.78 is 60.2. The van der Waals surface area contributed by atoms with Crippen molar-refractivity contribution in [3.8, 4) is 5.75 Å².